The third kappa shape index (κ3) is 3.94. The van der Waals surface area contributed by atoms with Crippen LogP contribution >= 0.6 is 0 Å². The smallest absolute Gasteiger partial charge is 0.329 e. The molecule has 1 aromatic carbocycles. The van der Waals surface area contributed by atoms with Gasteiger partial charge in [-0.3, -0.25) is 9.68 Å². The molecule has 2 aromatic rings. The minimum Gasteiger partial charge on any atom is -0.329 e. The first kappa shape index (κ1) is 18.1. The number of hydrogen-bond acceptors (Lipinski definition) is 6. The van der Waals surface area contributed by atoms with Crippen molar-refractivity contribution in [1.29, 1.82) is 0 Å². The third-order valence-electron chi connectivity index (χ3n) is 3.61. The highest BCUT2D eigenvalue weighted by atomic mass is 19.4. The van der Waals surface area contributed by atoms with Crippen molar-refractivity contribution in [1.82, 2.24) is 20.3 Å². The van der Waals surface area contributed by atoms with Gasteiger partial charge in [-0.05, 0) is 12.0 Å². The molecule has 140 valence electrons. The minimum atomic E-state index is -4.69. The van der Waals surface area contributed by atoms with E-state index in [1.807, 2.05) is 0 Å². The minimum absolute atomic E-state index is 0.134. The van der Waals surface area contributed by atoms with Crippen molar-refractivity contribution in [3.63, 3.8) is 0 Å². The number of hydroxylamine groups is 4. The molecule has 11 heteroatoms. The molecule has 0 unspecified atom stereocenters. The lowest BCUT2D eigenvalue weighted by Gasteiger charge is -2.24. The fourth-order valence-corrected chi connectivity index (χ4v) is 2.31. The number of amides is 2. The van der Waals surface area contributed by atoms with Crippen LogP contribution in [-0.4, -0.2) is 46.6 Å². The van der Waals surface area contributed by atoms with E-state index >= 15 is 0 Å². The van der Waals surface area contributed by atoms with E-state index in [9.17, 15) is 18.0 Å². The number of aromatic nitrogens is 2. The molecule has 26 heavy (non-hydrogen) atoms. The second kappa shape index (κ2) is 7.30. The van der Waals surface area contributed by atoms with Crippen LogP contribution in [0, 0.1) is 0 Å². The summed E-state index contributed by atoms with van der Waals surface area (Å²) in [6.07, 6.45) is -3.94. The van der Waals surface area contributed by atoms with Crippen LogP contribution in [0.25, 0.3) is 11.4 Å². The first-order chi connectivity index (χ1) is 12.4. The number of hydrogen-bond donors (Lipinski definition) is 0. The molecule has 1 fully saturated rings. The molecule has 0 atom stereocenters. The Kier molecular flexibility index (Phi) is 5.09. The van der Waals surface area contributed by atoms with Crippen LogP contribution in [0.2, 0.25) is 0 Å². The van der Waals surface area contributed by atoms with E-state index in [-0.39, 0.29) is 12.4 Å². The van der Waals surface area contributed by atoms with Crippen LogP contribution in [0.5, 0.6) is 0 Å². The normalized spacial score (nSPS) is 14.7. The van der Waals surface area contributed by atoms with E-state index in [1.54, 1.807) is 12.1 Å². The van der Waals surface area contributed by atoms with E-state index in [0.29, 0.717) is 24.3 Å². The Hall–Kier alpha value is -2.66. The van der Waals surface area contributed by atoms with Gasteiger partial charge in [-0.15, -0.1) is 0 Å². The van der Waals surface area contributed by atoms with E-state index in [0.717, 1.165) is 11.5 Å². The first-order valence-electron chi connectivity index (χ1n) is 7.65. The fourth-order valence-electron chi connectivity index (χ4n) is 2.31. The average molecular weight is 372 g/mol. The average Bonchev–Trinajstić information content (AvgIpc) is 3.30. The number of urea groups is 1. The maximum absolute atomic E-state index is 12.5. The molecule has 2 heterocycles. The van der Waals surface area contributed by atoms with Crippen molar-refractivity contribution in [2.45, 2.75) is 19.1 Å². The molecule has 0 saturated carbocycles. The summed E-state index contributed by atoms with van der Waals surface area (Å²) in [5, 5.41) is 5.66. The van der Waals surface area contributed by atoms with E-state index < -0.39 is 18.1 Å². The van der Waals surface area contributed by atoms with Gasteiger partial charge in [0.05, 0.1) is 26.8 Å². The van der Waals surface area contributed by atoms with Crippen molar-refractivity contribution in [2.75, 3.05) is 20.3 Å². The molecule has 2 amide bonds. The van der Waals surface area contributed by atoms with Crippen LogP contribution in [0.4, 0.5) is 18.0 Å². The number of benzene rings is 1. The van der Waals surface area contributed by atoms with Gasteiger partial charge in [0, 0.05) is 5.56 Å². The molecule has 3 rings (SSSR count). The van der Waals surface area contributed by atoms with Gasteiger partial charge < -0.3 is 4.52 Å². The zero-order valence-electron chi connectivity index (χ0n) is 13.7. The molecule has 0 aliphatic carbocycles. The van der Waals surface area contributed by atoms with E-state index in [2.05, 4.69) is 14.7 Å². The van der Waals surface area contributed by atoms with Gasteiger partial charge in [-0.1, -0.05) is 29.4 Å². The molecule has 0 spiro atoms. The predicted molar refractivity (Wildman–Crippen MR) is 80.0 cm³/mol. The highest BCUT2D eigenvalue weighted by molar-refractivity contribution is 5.72. The number of nitrogens with zero attached hydrogens (tertiary/aromatic N) is 4. The highest BCUT2D eigenvalue weighted by Gasteiger charge is 2.38. The van der Waals surface area contributed by atoms with Gasteiger partial charge in [0.15, 0.2) is 0 Å². The fraction of sp³-hybridized carbons (Fsp3) is 0.400. The van der Waals surface area contributed by atoms with Crippen LogP contribution in [-0.2, 0) is 22.4 Å². The quantitative estimate of drug-likeness (QED) is 0.768. The summed E-state index contributed by atoms with van der Waals surface area (Å²) in [6, 6.07) is 5.89. The zero-order valence-corrected chi connectivity index (χ0v) is 13.7. The topological polar surface area (TPSA) is 80.9 Å². The van der Waals surface area contributed by atoms with Crippen LogP contribution in [0.15, 0.2) is 28.8 Å². The summed E-state index contributed by atoms with van der Waals surface area (Å²) in [5.41, 5.74) is 1.05. The predicted octanol–water partition coefficient (Wildman–Crippen LogP) is 2.88. The van der Waals surface area contributed by atoms with E-state index in [1.165, 1.54) is 24.3 Å². The summed E-state index contributed by atoms with van der Waals surface area (Å²) in [4.78, 5) is 25.8. The highest BCUT2D eigenvalue weighted by Crippen LogP contribution is 2.29. The van der Waals surface area contributed by atoms with Gasteiger partial charge in [0.25, 0.3) is 0 Å². The number of rotatable bonds is 4. The van der Waals surface area contributed by atoms with Crippen LogP contribution in [0.1, 0.15) is 17.9 Å². The maximum Gasteiger partial charge on any atom is 0.471 e. The number of carbonyl (C=O) groups is 1. The van der Waals surface area contributed by atoms with Crippen molar-refractivity contribution < 1.29 is 32.2 Å². The third-order valence-corrected chi connectivity index (χ3v) is 3.61. The molecular formula is C15H15F3N4O4. The number of carbonyl (C=O) groups excluding carboxylic acids is 1. The van der Waals surface area contributed by atoms with E-state index in [4.69, 9.17) is 9.68 Å². The summed E-state index contributed by atoms with van der Waals surface area (Å²) in [5.74, 6) is -1.58. The second-order valence-electron chi connectivity index (χ2n) is 5.41. The Morgan fingerprint density at radius 1 is 1.35 bits per heavy atom. The Balaban J connectivity index is 1.68. The van der Waals surface area contributed by atoms with Crippen LogP contribution in [0.3, 0.4) is 0 Å². The summed E-state index contributed by atoms with van der Waals surface area (Å²) in [7, 11) is 1.36. The Labute approximate surface area is 146 Å². The molecule has 1 aliphatic heterocycles. The molecule has 0 N–H and O–H groups in total. The van der Waals surface area contributed by atoms with Crippen molar-refractivity contribution >= 4 is 6.03 Å². The number of halogens is 3. The lowest BCUT2D eigenvalue weighted by molar-refractivity contribution is -0.159. The van der Waals surface area contributed by atoms with Gasteiger partial charge in [-0.25, -0.2) is 9.86 Å². The lowest BCUT2D eigenvalue weighted by Crippen LogP contribution is -2.40. The van der Waals surface area contributed by atoms with Gasteiger partial charge in [0.2, 0.25) is 5.82 Å². The Morgan fingerprint density at radius 3 is 2.62 bits per heavy atom. The summed E-state index contributed by atoms with van der Waals surface area (Å²) in [6.45, 7) is 1.09. The second-order valence-corrected chi connectivity index (χ2v) is 5.41. The summed E-state index contributed by atoms with van der Waals surface area (Å²) >= 11 is 0. The van der Waals surface area contributed by atoms with Crippen molar-refractivity contribution in [3.05, 3.63) is 35.7 Å². The monoisotopic (exact) mass is 372 g/mol. The van der Waals surface area contributed by atoms with Crippen LogP contribution < -0.4 is 0 Å². The maximum atomic E-state index is 12.5. The molecule has 0 bridgehead atoms. The SMILES string of the molecule is CON(Cc1ccc(-c2noc(C(F)(F)F)n2)cc1)C(=O)N1CCCO1. The van der Waals surface area contributed by atoms with Crippen molar-refractivity contribution in [3.8, 4) is 11.4 Å². The van der Waals surface area contributed by atoms with Gasteiger partial charge >= 0.3 is 18.1 Å². The van der Waals surface area contributed by atoms with Crippen molar-refractivity contribution in [2.24, 2.45) is 0 Å². The summed E-state index contributed by atoms with van der Waals surface area (Å²) < 4.78 is 41.7. The Bertz CT molecular complexity index is 757. The first-order valence-corrected chi connectivity index (χ1v) is 7.65. The number of alkyl halides is 3. The lowest BCUT2D eigenvalue weighted by atomic mass is 10.1. The molecular weight excluding hydrogens is 357 g/mol. The largest absolute Gasteiger partial charge is 0.471 e. The molecule has 1 saturated heterocycles. The molecule has 1 aliphatic rings. The zero-order chi connectivity index (χ0) is 18.7. The molecule has 0 radical (unpaired) electrons. The van der Waals surface area contributed by atoms with Gasteiger partial charge in [0.1, 0.15) is 0 Å². The Morgan fingerprint density at radius 2 is 2.08 bits per heavy atom. The standard InChI is InChI=1S/C15H15F3N4O4/c1-24-22(14(23)21-7-2-8-25-21)9-10-3-5-11(6-4-10)12-19-13(26-20-12)15(16,17)18/h3-6H,2,7-9H2,1H3. The van der Waals surface area contributed by atoms with Gasteiger partial charge in [-0.2, -0.15) is 23.2 Å². The molecule has 8 nitrogen and oxygen atoms in total. The molecule has 1 aromatic heterocycles.